The molecule has 1 aliphatic rings. The molecule has 1 rings (SSSR count). The molecule has 1 saturated carbocycles. The molecule has 0 bridgehead atoms. The maximum absolute atomic E-state index is 5.88. The SMILES string of the molecule is CCCCCC(NCC)C1(OC)CCCC1. The highest BCUT2D eigenvalue weighted by Crippen LogP contribution is 2.37. The summed E-state index contributed by atoms with van der Waals surface area (Å²) in [6, 6.07) is 0.566. The molecular weight excluding hydrogens is 198 g/mol. The Labute approximate surface area is 101 Å². The highest BCUT2D eigenvalue weighted by molar-refractivity contribution is 4.96. The number of likely N-dealkylation sites (N-methyl/N-ethyl adjacent to an activating group) is 1. The summed E-state index contributed by atoms with van der Waals surface area (Å²) in [6.07, 6.45) is 10.4. The Kier molecular flexibility index (Phi) is 6.37. The first-order chi connectivity index (χ1) is 7.79. The number of hydrogen-bond donors (Lipinski definition) is 1. The molecule has 0 aromatic heterocycles. The molecule has 1 fully saturated rings. The molecule has 0 saturated heterocycles. The van der Waals surface area contributed by atoms with E-state index in [1.165, 1.54) is 51.4 Å². The van der Waals surface area contributed by atoms with Crippen LogP contribution < -0.4 is 5.32 Å². The van der Waals surface area contributed by atoms with Gasteiger partial charge in [-0.3, -0.25) is 0 Å². The first-order valence-corrected chi connectivity index (χ1v) is 7.07. The number of rotatable bonds is 8. The molecule has 1 N–H and O–H groups in total. The van der Waals surface area contributed by atoms with E-state index >= 15 is 0 Å². The van der Waals surface area contributed by atoms with Crippen molar-refractivity contribution < 1.29 is 4.74 Å². The fourth-order valence-corrected chi connectivity index (χ4v) is 3.06. The van der Waals surface area contributed by atoms with Gasteiger partial charge in [0.05, 0.1) is 5.60 Å². The van der Waals surface area contributed by atoms with Crippen molar-refractivity contribution in [1.29, 1.82) is 0 Å². The molecule has 1 unspecified atom stereocenters. The van der Waals surface area contributed by atoms with Gasteiger partial charge in [0.2, 0.25) is 0 Å². The molecule has 1 atom stereocenters. The zero-order valence-electron chi connectivity index (χ0n) is 11.3. The average molecular weight is 227 g/mol. The Bertz CT molecular complexity index is 176. The van der Waals surface area contributed by atoms with E-state index in [0.29, 0.717) is 6.04 Å². The van der Waals surface area contributed by atoms with Crippen LogP contribution >= 0.6 is 0 Å². The Hall–Kier alpha value is -0.0800. The summed E-state index contributed by atoms with van der Waals surface area (Å²) in [5.41, 5.74) is 0.143. The van der Waals surface area contributed by atoms with Crippen LogP contribution in [0.1, 0.15) is 65.2 Å². The molecule has 2 heteroatoms. The van der Waals surface area contributed by atoms with Crippen LogP contribution in [0.5, 0.6) is 0 Å². The van der Waals surface area contributed by atoms with E-state index in [1.54, 1.807) is 0 Å². The lowest BCUT2D eigenvalue weighted by Crippen LogP contribution is -2.50. The van der Waals surface area contributed by atoms with Gasteiger partial charge in [-0.2, -0.15) is 0 Å². The van der Waals surface area contributed by atoms with Crippen molar-refractivity contribution in [2.75, 3.05) is 13.7 Å². The Morgan fingerprint density at radius 2 is 1.88 bits per heavy atom. The molecule has 0 aromatic carbocycles. The lowest BCUT2D eigenvalue weighted by molar-refractivity contribution is -0.0379. The predicted molar refractivity (Wildman–Crippen MR) is 69.8 cm³/mol. The molecule has 1 aliphatic carbocycles. The number of ether oxygens (including phenoxy) is 1. The van der Waals surface area contributed by atoms with Crippen LogP contribution in [-0.2, 0) is 4.74 Å². The largest absolute Gasteiger partial charge is 0.377 e. The number of methoxy groups -OCH3 is 1. The Balaban J connectivity index is 2.51. The summed E-state index contributed by atoms with van der Waals surface area (Å²) in [6.45, 7) is 5.52. The third-order valence-electron chi connectivity index (χ3n) is 4.04. The van der Waals surface area contributed by atoms with Gasteiger partial charge in [-0.25, -0.2) is 0 Å². The predicted octanol–water partition coefficient (Wildman–Crippen LogP) is 3.50. The van der Waals surface area contributed by atoms with Crippen LogP contribution in [0.15, 0.2) is 0 Å². The topological polar surface area (TPSA) is 21.3 Å². The fraction of sp³-hybridized carbons (Fsp3) is 1.00. The molecule has 96 valence electrons. The van der Waals surface area contributed by atoms with E-state index < -0.39 is 0 Å². The number of nitrogens with one attached hydrogen (secondary N) is 1. The normalized spacial score (nSPS) is 21.2. The maximum atomic E-state index is 5.88. The van der Waals surface area contributed by atoms with E-state index in [0.717, 1.165) is 6.54 Å². The quantitative estimate of drug-likeness (QED) is 0.641. The molecular formula is C14H29NO. The van der Waals surface area contributed by atoms with Crippen LogP contribution in [-0.4, -0.2) is 25.3 Å². The molecule has 0 radical (unpaired) electrons. The van der Waals surface area contributed by atoms with Crippen LogP contribution in [0.25, 0.3) is 0 Å². The first kappa shape index (κ1) is 14.0. The van der Waals surface area contributed by atoms with Crippen LogP contribution in [0, 0.1) is 0 Å². The molecule has 0 aromatic rings. The van der Waals surface area contributed by atoms with Crippen LogP contribution in [0.3, 0.4) is 0 Å². The molecule has 0 aliphatic heterocycles. The Morgan fingerprint density at radius 1 is 1.19 bits per heavy atom. The smallest absolute Gasteiger partial charge is 0.0830 e. The molecule has 16 heavy (non-hydrogen) atoms. The third-order valence-corrected chi connectivity index (χ3v) is 4.04. The van der Waals surface area contributed by atoms with E-state index in [1.807, 2.05) is 7.11 Å². The second kappa shape index (κ2) is 7.29. The highest BCUT2D eigenvalue weighted by Gasteiger charge is 2.40. The van der Waals surface area contributed by atoms with Gasteiger partial charge in [-0.1, -0.05) is 46.0 Å². The van der Waals surface area contributed by atoms with Crippen molar-refractivity contribution in [3.63, 3.8) is 0 Å². The van der Waals surface area contributed by atoms with Crippen molar-refractivity contribution in [3.8, 4) is 0 Å². The summed E-state index contributed by atoms with van der Waals surface area (Å²) < 4.78 is 5.88. The zero-order chi connectivity index (χ0) is 11.9. The van der Waals surface area contributed by atoms with Gasteiger partial charge >= 0.3 is 0 Å². The van der Waals surface area contributed by atoms with E-state index in [9.17, 15) is 0 Å². The summed E-state index contributed by atoms with van der Waals surface area (Å²) in [5.74, 6) is 0. The van der Waals surface area contributed by atoms with Crippen LogP contribution in [0.2, 0.25) is 0 Å². The van der Waals surface area contributed by atoms with Gasteiger partial charge < -0.3 is 10.1 Å². The van der Waals surface area contributed by atoms with Gasteiger partial charge in [0.1, 0.15) is 0 Å². The Morgan fingerprint density at radius 3 is 2.38 bits per heavy atom. The number of hydrogen-bond acceptors (Lipinski definition) is 2. The third kappa shape index (κ3) is 3.46. The molecule has 0 amide bonds. The van der Waals surface area contributed by atoms with Gasteiger partial charge in [-0.15, -0.1) is 0 Å². The van der Waals surface area contributed by atoms with Crippen molar-refractivity contribution in [1.82, 2.24) is 5.32 Å². The summed E-state index contributed by atoms with van der Waals surface area (Å²) in [7, 11) is 1.90. The lowest BCUT2D eigenvalue weighted by atomic mass is 9.88. The van der Waals surface area contributed by atoms with Gasteiger partial charge in [0.25, 0.3) is 0 Å². The first-order valence-electron chi connectivity index (χ1n) is 7.07. The van der Waals surface area contributed by atoms with Crippen molar-refractivity contribution in [3.05, 3.63) is 0 Å². The van der Waals surface area contributed by atoms with E-state index in [-0.39, 0.29) is 5.60 Å². The average Bonchev–Trinajstić information content (AvgIpc) is 2.78. The maximum Gasteiger partial charge on any atom is 0.0830 e. The second-order valence-corrected chi connectivity index (χ2v) is 5.08. The molecule has 0 heterocycles. The molecule has 2 nitrogen and oxygen atoms in total. The lowest BCUT2D eigenvalue weighted by Gasteiger charge is -2.37. The van der Waals surface area contributed by atoms with Gasteiger partial charge in [-0.05, 0) is 25.8 Å². The van der Waals surface area contributed by atoms with Crippen molar-refractivity contribution in [2.45, 2.75) is 76.9 Å². The van der Waals surface area contributed by atoms with E-state index in [2.05, 4.69) is 19.2 Å². The zero-order valence-corrected chi connectivity index (χ0v) is 11.3. The minimum atomic E-state index is 0.143. The standard InChI is InChI=1S/C14H29NO/c1-4-6-7-10-13(15-5-2)14(16-3)11-8-9-12-14/h13,15H,4-12H2,1-3H3. The minimum absolute atomic E-state index is 0.143. The minimum Gasteiger partial charge on any atom is -0.377 e. The summed E-state index contributed by atoms with van der Waals surface area (Å²) >= 11 is 0. The van der Waals surface area contributed by atoms with Gasteiger partial charge in [0.15, 0.2) is 0 Å². The fourth-order valence-electron chi connectivity index (χ4n) is 3.06. The van der Waals surface area contributed by atoms with Crippen molar-refractivity contribution >= 4 is 0 Å². The van der Waals surface area contributed by atoms with E-state index in [4.69, 9.17) is 4.74 Å². The summed E-state index contributed by atoms with van der Waals surface area (Å²) in [4.78, 5) is 0. The summed E-state index contributed by atoms with van der Waals surface area (Å²) in [5, 5.41) is 3.65. The number of unbranched alkanes of at least 4 members (excludes halogenated alkanes) is 2. The van der Waals surface area contributed by atoms with Gasteiger partial charge in [0, 0.05) is 13.2 Å². The monoisotopic (exact) mass is 227 g/mol. The van der Waals surface area contributed by atoms with Crippen LogP contribution in [0.4, 0.5) is 0 Å². The molecule has 0 spiro atoms. The highest BCUT2D eigenvalue weighted by atomic mass is 16.5. The van der Waals surface area contributed by atoms with Crippen molar-refractivity contribution in [2.24, 2.45) is 0 Å². The second-order valence-electron chi connectivity index (χ2n) is 5.08.